The van der Waals surface area contributed by atoms with Crippen molar-refractivity contribution >= 4 is 39.9 Å². The molecule has 1 aliphatic rings. The zero-order valence-electron chi connectivity index (χ0n) is 25.5. The molecule has 1 aliphatic heterocycles. The lowest BCUT2D eigenvalue weighted by atomic mass is 9.94. The highest BCUT2D eigenvalue weighted by Crippen LogP contribution is 2.45. The quantitative estimate of drug-likeness (QED) is 0.0952. The van der Waals surface area contributed by atoms with Crippen molar-refractivity contribution in [2.24, 2.45) is 0 Å². The smallest absolute Gasteiger partial charge is 0.350 e. The number of aliphatic hydroxyl groups excluding tert-OH is 1. The summed E-state index contributed by atoms with van der Waals surface area (Å²) in [6.45, 7) is 6.04. The summed E-state index contributed by atoms with van der Waals surface area (Å²) >= 11 is 0.923. The number of thiazole rings is 1. The van der Waals surface area contributed by atoms with Crippen LogP contribution in [0.1, 0.15) is 50.6 Å². The summed E-state index contributed by atoms with van der Waals surface area (Å²) < 4.78 is 22.1. The Balaban J connectivity index is 1.61. The van der Waals surface area contributed by atoms with Crippen LogP contribution in [0.15, 0.2) is 72.3 Å². The molecule has 5 rings (SSSR count). The van der Waals surface area contributed by atoms with Crippen LogP contribution < -0.4 is 19.1 Å². The Labute approximate surface area is 264 Å². The van der Waals surface area contributed by atoms with Gasteiger partial charge in [0.2, 0.25) is 0 Å². The maximum absolute atomic E-state index is 13.7. The molecule has 1 atom stereocenters. The van der Waals surface area contributed by atoms with E-state index in [2.05, 4.69) is 4.98 Å². The summed E-state index contributed by atoms with van der Waals surface area (Å²) in [7, 11) is 2.73. The van der Waals surface area contributed by atoms with E-state index in [1.54, 1.807) is 43.3 Å². The van der Waals surface area contributed by atoms with Crippen molar-refractivity contribution in [1.29, 1.82) is 0 Å². The molecule has 0 aliphatic carbocycles. The van der Waals surface area contributed by atoms with E-state index < -0.39 is 23.7 Å². The first kappa shape index (κ1) is 31.3. The third kappa shape index (κ3) is 6.12. The SMILES string of the molecule is CCOc1ccc(C2C(=C(O)c3ccc(OCc4ccccc4)c(C)c3)C(=O)C(=O)N2c2nc(C)c(C(=O)OC)s2)cc1OC. The number of hydrogen-bond donors (Lipinski definition) is 1. The molecule has 1 aromatic heterocycles. The minimum Gasteiger partial charge on any atom is -0.507 e. The fraction of sp³-hybridized carbons (Fsp3) is 0.235. The lowest BCUT2D eigenvalue weighted by Crippen LogP contribution is -2.29. The molecule has 45 heavy (non-hydrogen) atoms. The number of esters is 1. The van der Waals surface area contributed by atoms with Crippen LogP contribution >= 0.6 is 11.3 Å². The second kappa shape index (κ2) is 13.2. The number of anilines is 1. The maximum Gasteiger partial charge on any atom is 0.350 e. The standard InChI is InChI=1S/C34H32N2O8S/c1-6-43-25-15-12-22(17-26(25)41-4)28-27(30(38)32(39)36(28)34-35-20(3)31(45-34)33(40)42-5)29(37)23-13-14-24(19(2)16-23)44-18-21-10-8-7-9-11-21/h7-17,28,37H,6,18H2,1-5H3. The van der Waals surface area contributed by atoms with Crippen LogP contribution in [0.2, 0.25) is 0 Å². The average Bonchev–Trinajstić information content (AvgIpc) is 3.56. The first-order valence-corrected chi connectivity index (χ1v) is 14.9. The van der Waals surface area contributed by atoms with Gasteiger partial charge in [0.25, 0.3) is 5.78 Å². The molecule has 11 heteroatoms. The van der Waals surface area contributed by atoms with Gasteiger partial charge in [0.05, 0.1) is 38.1 Å². The molecule has 1 saturated heterocycles. The van der Waals surface area contributed by atoms with E-state index in [9.17, 15) is 19.5 Å². The monoisotopic (exact) mass is 628 g/mol. The topological polar surface area (TPSA) is 124 Å². The second-order valence-corrected chi connectivity index (χ2v) is 11.1. The maximum atomic E-state index is 13.7. The lowest BCUT2D eigenvalue weighted by Gasteiger charge is -2.24. The predicted octanol–water partition coefficient (Wildman–Crippen LogP) is 6.16. The first-order chi connectivity index (χ1) is 21.7. The number of amides is 1. The summed E-state index contributed by atoms with van der Waals surface area (Å²) in [5, 5.41) is 11.8. The van der Waals surface area contributed by atoms with Crippen molar-refractivity contribution in [3.05, 3.63) is 105 Å². The number of nitrogens with zero attached hydrogens (tertiary/aromatic N) is 2. The number of aliphatic hydroxyl groups is 1. The van der Waals surface area contributed by atoms with E-state index in [-0.39, 0.29) is 21.3 Å². The van der Waals surface area contributed by atoms with Crippen LogP contribution in [0.3, 0.4) is 0 Å². The average molecular weight is 629 g/mol. The minimum atomic E-state index is -1.10. The van der Waals surface area contributed by atoms with Crippen molar-refractivity contribution < 1.29 is 38.4 Å². The molecule has 2 heterocycles. The number of ketones is 1. The highest BCUT2D eigenvalue weighted by Gasteiger charge is 2.48. The van der Waals surface area contributed by atoms with E-state index in [0.29, 0.717) is 47.3 Å². The van der Waals surface area contributed by atoms with Gasteiger partial charge in [0.15, 0.2) is 16.6 Å². The molecule has 1 N–H and O–H groups in total. The number of benzene rings is 3. The zero-order chi connectivity index (χ0) is 32.2. The predicted molar refractivity (Wildman–Crippen MR) is 169 cm³/mol. The van der Waals surface area contributed by atoms with Crippen molar-refractivity contribution in [2.45, 2.75) is 33.4 Å². The van der Waals surface area contributed by atoms with Crippen molar-refractivity contribution in [3.63, 3.8) is 0 Å². The normalized spacial score (nSPS) is 15.7. The molecule has 1 unspecified atom stereocenters. The highest BCUT2D eigenvalue weighted by molar-refractivity contribution is 7.17. The second-order valence-electron chi connectivity index (χ2n) is 10.2. The number of carbonyl (C=O) groups excluding carboxylic acids is 3. The molecular weight excluding hydrogens is 596 g/mol. The summed E-state index contributed by atoms with van der Waals surface area (Å²) in [4.78, 5) is 45.6. The Bertz CT molecular complexity index is 1800. The van der Waals surface area contributed by atoms with Crippen LogP contribution in [0, 0.1) is 13.8 Å². The van der Waals surface area contributed by atoms with E-state index in [4.69, 9.17) is 18.9 Å². The van der Waals surface area contributed by atoms with Gasteiger partial charge in [-0.3, -0.25) is 14.5 Å². The fourth-order valence-corrected chi connectivity index (χ4v) is 6.10. The number of carbonyl (C=O) groups is 3. The number of aromatic nitrogens is 1. The largest absolute Gasteiger partial charge is 0.507 e. The Hall–Kier alpha value is -5.16. The summed E-state index contributed by atoms with van der Waals surface area (Å²) in [6, 6.07) is 18.7. The summed E-state index contributed by atoms with van der Waals surface area (Å²) in [5.41, 5.74) is 2.71. The summed E-state index contributed by atoms with van der Waals surface area (Å²) in [6.07, 6.45) is 0. The molecule has 0 bridgehead atoms. The molecule has 10 nitrogen and oxygen atoms in total. The minimum absolute atomic E-state index is 0.104. The molecule has 3 aromatic carbocycles. The molecule has 0 radical (unpaired) electrons. The Morgan fingerprint density at radius 3 is 2.36 bits per heavy atom. The lowest BCUT2D eigenvalue weighted by molar-refractivity contribution is -0.132. The van der Waals surface area contributed by atoms with Gasteiger partial charge in [-0.2, -0.15) is 0 Å². The van der Waals surface area contributed by atoms with Gasteiger partial charge in [-0.1, -0.05) is 47.7 Å². The van der Waals surface area contributed by atoms with Crippen LogP contribution in [-0.2, 0) is 20.9 Å². The molecule has 0 spiro atoms. The number of ether oxygens (including phenoxy) is 4. The zero-order valence-corrected chi connectivity index (χ0v) is 26.3. The van der Waals surface area contributed by atoms with Gasteiger partial charge < -0.3 is 24.1 Å². The van der Waals surface area contributed by atoms with Gasteiger partial charge >= 0.3 is 11.9 Å². The van der Waals surface area contributed by atoms with Crippen LogP contribution in [0.4, 0.5) is 5.13 Å². The van der Waals surface area contributed by atoms with Gasteiger partial charge in [-0.15, -0.1) is 0 Å². The highest BCUT2D eigenvalue weighted by atomic mass is 32.1. The van der Waals surface area contributed by atoms with E-state index >= 15 is 0 Å². The Kier molecular flexibility index (Phi) is 9.19. The van der Waals surface area contributed by atoms with Crippen molar-refractivity contribution in [3.8, 4) is 17.2 Å². The van der Waals surface area contributed by atoms with Crippen molar-refractivity contribution in [2.75, 3.05) is 25.7 Å². The fourth-order valence-electron chi connectivity index (χ4n) is 5.09. The Morgan fingerprint density at radius 1 is 0.956 bits per heavy atom. The first-order valence-electron chi connectivity index (χ1n) is 14.1. The van der Waals surface area contributed by atoms with E-state index in [1.165, 1.54) is 19.1 Å². The van der Waals surface area contributed by atoms with Gasteiger partial charge in [-0.05, 0) is 67.8 Å². The molecule has 4 aromatic rings. The van der Waals surface area contributed by atoms with Crippen LogP contribution in [0.5, 0.6) is 17.2 Å². The molecule has 1 fully saturated rings. The molecule has 232 valence electrons. The number of rotatable bonds is 10. The van der Waals surface area contributed by atoms with Gasteiger partial charge in [0.1, 0.15) is 23.0 Å². The number of methoxy groups -OCH3 is 2. The molecular formula is C34H32N2O8S. The Morgan fingerprint density at radius 2 is 1.69 bits per heavy atom. The van der Waals surface area contributed by atoms with Crippen LogP contribution in [0.25, 0.3) is 5.76 Å². The third-order valence-electron chi connectivity index (χ3n) is 7.30. The van der Waals surface area contributed by atoms with Gasteiger partial charge in [0, 0.05) is 5.56 Å². The molecule has 0 saturated carbocycles. The third-order valence-corrected chi connectivity index (χ3v) is 8.43. The van der Waals surface area contributed by atoms with E-state index in [0.717, 1.165) is 22.5 Å². The number of hydrogen-bond acceptors (Lipinski definition) is 10. The summed E-state index contributed by atoms with van der Waals surface area (Å²) in [5.74, 6) is -1.33. The molecule has 1 amide bonds. The number of Topliss-reactive ketones (excluding diaryl/α,β-unsaturated/α-hetero) is 1. The van der Waals surface area contributed by atoms with Crippen molar-refractivity contribution in [1.82, 2.24) is 4.98 Å². The van der Waals surface area contributed by atoms with Gasteiger partial charge in [-0.25, -0.2) is 9.78 Å². The van der Waals surface area contributed by atoms with Crippen LogP contribution in [-0.4, -0.2) is 48.6 Å². The number of aryl methyl sites for hydroxylation is 2. The van der Waals surface area contributed by atoms with E-state index in [1.807, 2.05) is 44.2 Å².